The lowest BCUT2D eigenvalue weighted by Crippen LogP contribution is -2.54. The molecule has 0 radical (unpaired) electrons. The fourth-order valence-electron chi connectivity index (χ4n) is 3.47. The molecule has 1 heterocycles. The topological polar surface area (TPSA) is 18.5 Å². The molecule has 0 amide bonds. The Morgan fingerprint density at radius 1 is 1.12 bits per heavy atom. The van der Waals surface area contributed by atoms with Crippen molar-refractivity contribution in [2.45, 2.75) is 33.4 Å². The predicted molar refractivity (Wildman–Crippen MR) is 98.6 cm³/mol. The zero-order valence-electron chi connectivity index (χ0n) is 15.4. The molecule has 0 fully saturated rings. The van der Waals surface area contributed by atoms with Crippen LogP contribution in [0.4, 0.5) is 0 Å². The van der Waals surface area contributed by atoms with Crippen LogP contribution in [0.1, 0.15) is 25.0 Å². The highest BCUT2D eigenvalue weighted by Crippen LogP contribution is 2.41. The molecule has 0 aliphatic carbocycles. The summed E-state index contributed by atoms with van der Waals surface area (Å²) in [5.74, 6) is 1.94. The Labute approximate surface area is 145 Å². The standard InChI is InChI=1S/C21H28NO2/c1-6-22(4,7-2)20-14-17-12-15(3)13-19(21(17)24-20)16-8-10-18(23-5)11-9-16/h8-13,20H,6-7,14H2,1-5H3/q+1. The Morgan fingerprint density at radius 2 is 1.79 bits per heavy atom. The van der Waals surface area contributed by atoms with Gasteiger partial charge in [0.25, 0.3) is 0 Å². The Bertz CT molecular complexity index is 717. The monoisotopic (exact) mass is 326 g/mol. The third-order valence-corrected chi connectivity index (χ3v) is 5.50. The van der Waals surface area contributed by atoms with Crippen molar-refractivity contribution in [2.75, 3.05) is 27.2 Å². The van der Waals surface area contributed by atoms with Crippen LogP contribution in [0, 0.1) is 6.92 Å². The molecule has 1 aliphatic rings. The fourth-order valence-corrected chi connectivity index (χ4v) is 3.47. The van der Waals surface area contributed by atoms with Crippen molar-refractivity contribution >= 4 is 0 Å². The van der Waals surface area contributed by atoms with Crippen molar-refractivity contribution in [1.82, 2.24) is 0 Å². The van der Waals surface area contributed by atoms with E-state index in [9.17, 15) is 0 Å². The summed E-state index contributed by atoms with van der Waals surface area (Å²) < 4.78 is 12.7. The molecule has 3 heteroatoms. The maximum Gasteiger partial charge on any atom is 0.237 e. The number of rotatable bonds is 5. The van der Waals surface area contributed by atoms with Gasteiger partial charge in [-0.25, -0.2) is 0 Å². The summed E-state index contributed by atoms with van der Waals surface area (Å²) in [6.45, 7) is 8.79. The first-order valence-corrected chi connectivity index (χ1v) is 8.79. The zero-order valence-corrected chi connectivity index (χ0v) is 15.4. The predicted octanol–water partition coefficient (Wildman–Crippen LogP) is 4.42. The smallest absolute Gasteiger partial charge is 0.237 e. The highest BCUT2D eigenvalue weighted by atomic mass is 16.5. The molecule has 1 unspecified atom stereocenters. The fraction of sp³-hybridized carbons (Fsp3) is 0.429. The Balaban J connectivity index is 2.00. The summed E-state index contributed by atoms with van der Waals surface area (Å²) >= 11 is 0. The van der Waals surface area contributed by atoms with E-state index in [1.165, 1.54) is 22.3 Å². The van der Waals surface area contributed by atoms with E-state index in [-0.39, 0.29) is 6.23 Å². The SMILES string of the molecule is CC[N+](C)(CC)C1Cc2cc(C)cc(-c3ccc(OC)cc3)c2O1. The number of hydrogen-bond donors (Lipinski definition) is 0. The number of fused-ring (bicyclic) bond motifs is 1. The van der Waals surface area contributed by atoms with Gasteiger partial charge in [-0.1, -0.05) is 18.2 Å². The Kier molecular flexibility index (Phi) is 4.55. The molecule has 24 heavy (non-hydrogen) atoms. The quantitative estimate of drug-likeness (QED) is 0.757. The number of nitrogens with zero attached hydrogens (tertiary/aromatic N) is 1. The number of benzene rings is 2. The maximum atomic E-state index is 6.49. The first-order chi connectivity index (χ1) is 11.5. The first kappa shape index (κ1) is 16.8. The molecular formula is C21H28NO2+. The Morgan fingerprint density at radius 3 is 2.38 bits per heavy atom. The molecule has 1 aliphatic heterocycles. The lowest BCUT2D eigenvalue weighted by Gasteiger charge is -2.36. The molecule has 0 aromatic heterocycles. The van der Waals surface area contributed by atoms with Crippen LogP contribution in [-0.4, -0.2) is 38.0 Å². The van der Waals surface area contributed by atoms with Gasteiger partial charge >= 0.3 is 0 Å². The largest absolute Gasteiger partial charge is 0.497 e. The number of quaternary nitrogens is 1. The molecule has 0 saturated heterocycles. The highest BCUT2D eigenvalue weighted by Gasteiger charge is 2.38. The van der Waals surface area contributed by atoms with Crippen LogP contribution < -0.4 is 9.47 Å². The highest BCUT2D eigenvalue weighted by molar-refractivity contribution is 5.74. The lowest BCUT2D eigenvalue weighted by atomic mass is 9.98. The van der Waals surface area contributed by atoms with Crippen LogP contribution >= 0.6 is 0 Å². The van der Waals surface area contributed by atoms with E-state index in [0.717, 1.165) is 35.5 Å². The van der Waals surface area contributed by atoms with Gasteiger partial charge in [0.15, 0.2) is 0 Å². The van der Waals surface area contributed by atoms with Crippen LogP contribution in [0.3, 0.4) is 0 Å². The van der Waals surface area contributed by atoms with Gasteiger partial charge in [0, 0.05) is 11.1 Å². The normalized spacial score (nSPS) is 16.6. The van der Waals surface area contributed by atoms with Gasteiger partial charge in [-0.2, -0.15) is 0 Å². The number of aryl methyl sites for hydroxylation is 1. The minimum absolute atomic E-state index is 0.203. The summed E-state index contributed by atoms with van der Waals surface area (Å²) in [6.07, 6.45) is 1.19. The molecule has 0 bridgehead atoms. The zero-order chi connectivity index (χ0) is 17.3. The van der Waals surface area contributed by atoms with E-state index < -0.39 is 0 Å². The van der Waals surface area contributed by atoms with Crippen LogP contribution in [0.2, 0.25) is 0 Å². The minimum Gasteiger partial charge on any atom is -0.497 e. The molecule has 1 atom stereocenters. The van der Waals surface area contributed by atoms with E-state index in [0.29, 0.717) is 0 Å². The summed E-state index contributed by atoms with van der Waals surface area (Å²) in [5, 5.41) is 0. The van der Waals surface area contributed by atoms with Crippen LogP contribution in [0.5, 0.6) is 11.5 Å². The van der Waals surface area contributed by atoms with E-state index in [1.807, 2.05) is 12.1 Å². The van der Waals surface area contributed by atoms with Gasteiger partial charge < -0.3 is 9.47 Å². The summed E-state index contributed by atoms with van der Waals surface area (Å²) in [6, 6.07) is 12.7. The van der Waals surface area contributed by atoms with Gasteiger partial charge in [0.2, 0.25) is 6.23 Å². The molecule has 0 N–H and O–H groups in total. The van der Waals surface area contributed by atoms with Gasteiger partial charge in [-0.3, -0.25) is 4.48 Å². The second-order valence-corrected chi connectivity index (χ2v) is 6.92. The summed E-state index contributed by atoms with van der Waals surface area (Å²) in [5.41, 5.74) is 4.98. The summed E-state index contributed by atoms with van der Waals surface area (Å²) in [4.78, 5) is 0. The molecular weight excluding hydrogens is 298 g/mol. The average molecular weight is 326 g/mol. The molecule has 0 spiro atoms. The second kappa shape index (κ2) is 6.48. The first-order valence-electron chi connectivity index (χ1n) is 8.79. The van der Waals surface area contributed by atoms with Crippen molar-refractivity contribution in [3.8, 4) is 22.6 Å². The molecule has 2 aromatic rings. The number of ether oxygens (including phenoxy) is 2. The average Bonchev–Trinajstić information content (AvgIpc) is 3.04. The number of hydrogen-bond acceptors (Lipinski definition) is 2. The van der Waals surface area contributed by atoms with E-state index in [4.69, 9.17) is 9.47 Å². The number of methoxy groups -OCH3 is 1. The number of likely N-dealkylation sites (N-methyl/N-ethyl adjacent to an activating group) is 1. The van der Waals surface area contributed by atoms with E-state index in [1.54, 1.807) is 7.11 Å². The van der Waals surface area contributed by atoms with Gasteiger partial charge in [-0.15, -0.1) is 0 Å². The Hall–Kier alpha value is -2.00. The molecule has 2 aromatic carbocycles. The van der Waals surface area contributed by atoms with E-state index in [2.05, 4.69) is 52.1 Å². The molecule has 3 nitrogen and oxygen atoms in total. The van der Waals surface area contributed by atoms with Crippen molar-refractivity contribution in [3.63, 3.8) is 0 Å². The molecule has 3 rings (SSSR count). The van der Waals surface area contributed by atoms with Gasteiger partial charge in [0.1, 0.15) is 11.5 Å². The molecule has 128 valence electrons. The van der Waals surface area contributed by atoms with E-state index >= 15 is 0 Å². The van der Waals surface area contributed by atoms with Crippen molar-refractivity contribution in [1.29, 1.82) is 0 Å². The third-order valence-electron chi connectivity index (χ3n) is 5.50. The van der Waals surface area contributed by atoms with Crippen LogP contribution in [-0.2, 0) is 6.42 Å². The molecule has 0 saturated carbocycles. The summed E-state index contributed by atoms with van der Waals surface area (Å²) in [7, 11) is 3.98. The third kappa shape index (κ3) is 2.89. The van der Waals surface area contributed by atoms with Crippen LogP contribution in [0.15, 0.2) is 36.4 Å². The van der Waals surface area contributed by atoms with Crippen molar-refractivity contribution in [2.24, 2.45) is 0 Å². The van der Waals surface area contributed by atoms with Crippen molar-refractivity contribution < 1.29 is 14.0 Å². The lowest BCUT2D eigenvalue weighted by molar-refractivity contribution is -0.946. The minimum atomic E-state index is 0.203. The maximum absolute atomic E-state index is 6.49. The van der Waals surface area contributed by atoms with Gasteiger partial charge in [-0.05, 0) is 50.1 Å². The van der Waals surface area contributed by atoms with Gasteiger partial charge in [0.05, 0.1) is 33.7 Å². The van der Waals surface area contributed by atoms with Crippen LogP contribution in [0.25, 0.3) is 11.1 Å². The van der Waals surface area contributed by atoms with Crippen molar-refractivity contribution in [3.05, 3.63) is 47.5 Å². The second-order valence-electron chi connectivity index (χ2n) is 6.92.